The van der Waals surface area contributed by atoms with Crippen molar-refractivity contribution in [1.29, 1.82) is 0 Å². The normalized spacial score (nSPS) is 9.67. The zero-order chi connectivity index (χ0) is 10.0. The van der Waals surface area contributed by atoms with Gasteiger partial charge >= 0.3 is 17.1 Å². The van der Waals surface area contributed by atoms with Crippen LogP contribution in [0.25, 0.3) is 0 Å². The minimum absolute atomic E-state index is 0.188. The number of rotatable bonds is 4. The third-order valence-electron chi connectivity index (χ3n) is 1.41. The Bertz CT molecular complexity index is 102. The van der Waals surface area contributed by atoms with E-state index < -0.39 is 7.35 Å². The Morgan fingerprint density at radius 2 is 1.50 bits per heavy atom. The molecule has 2 N–H and O–H groups in total. The topological polar surface area (TPSA) is 80.6 Å². The first-order valence-electron chi connectivity index (χ1n) is 3.63. The molecule has 0 amide bonds. The summed E-state index contributed by atoms with van der Waals surface area (Å²) in [7, 11) is 3.46. The summed E-state index contributed by atoms with van der Waals surface area (Å²) in [6, 6.07) is 0. The first-order chi connectivity index (χ1) is 5.54. The zero-order valence-electron chi connectivity index (χ0n) is 7.56. The van der Waals surface area contributed by atoms with E-state index in [1.807, 2.05) is 14.1 Å². The predicted octanol–water partition coefficient (Wildman–Crippen LogP) is -2.64. The Morgan fingerprint density at radius 1 is 1.25 bits per heavy atom. The van der Waals surface area contributed by atoms with Crippen LogP contribution < -0.4 is 5.02 Å². The number of aliphatic hydroxyl groups excluding tert-OH is 2. The van der Waals surface area contributed by atoms with Gasteiger partial charge in [0.2, 0.25) is 0 Å². The molecule has 0 aliphatic heterocycles. The third kappa shape index (κ3) is 12.2. The van der Waals surface area contributed by atoms with E-state index in [2.05, 4.69) is 0 Å². The van der Waals surface area contributed by atoms with Crippen LogP contribution in [0.4, 0.5) is 0 Å². The van der Waals surface area contributed by atoms with E-state index in [0.29, 0.717) is 17.6 Å². The van der Waals surface area contributed by atoms with Gasteiger partial charge in [0.05, 0.1) is 27.3 Å². The molecule has 5 nitrogen and oxygen atoms in total. The fraction of sp³-hybridized carbons (Fsp3) is 1.00. The van der Waals surface area contributed by atoms with Gasteiger partial charge in [-0.2, -0.15) is 0 Å². The van der Waals surface area contributed by atoms with Gasteiger partial charge in [-0.05, 0) is 0 Å². The molecule has 0 aliphatic carbocycles. The van der Waals surface area contributed by atoms with Crippen molar-refractivity contribution in [2.24, 2.45) is 0 Å². The second-order valence-corrected chi connectivity index (χ2v) is 2.93. The molecule has 72 valence electrons. The van der Waals surface area contributed by atoms with Crippen LogP contribution in [0.2, 0.25) is 0 Å². The van der Waals surface area contributed by atoms with Gasteiger partial charge in [-0.1, -0.05) is 0 Å². The van der Waals surface area contributed by atoms with E-state index in [1.165, 1.54) is 0 Å². The molecule has 0 saturated carbocycles. The molecule has 0 saturated heterocycles. The van der Waals surface area contributed by atoms with Crippen LogP contribution in [0, 0.1) is 0 Å². The molecule has 0 heterocycles. The molecular weight excluding hydrogens is 161 g/mol. The Hall–Kier alpha value is -0.455. The molecule has 0 fully saturated rings. The van der Waals surface area contributed by atoms with Gasteiger partial charge in [0.15, 0.2) is 0 Å². The molecule has 0 bridgehead atoms. The standard InChI is InChI=1S/C6H16NO2.BO2/c1-7(2,3-5-8)4-6-9;2-1-3/h8-9H,3-6H2,1-2H3;/q+1;-1. The number of nitrogens with zero attached hydrogens (tertiary/aromatic N) is 1. The van der Waals surface area contributed by atoms with Gasteiger partial charge < -0.3 is 14.7 Å². The molecular formula is C6H16BNO4. The fourth-order valence-electron chi connectivity index (χ4n) is 0.653. The summed E-state index contributed by atoms with van der Waals surface area (Å²) >= 11 is 0. The van der Waals surface area contributed by atoms with Crippen LogP contribution in [0.5, 0.6) is 0 Å². The van der Waals surface area contributed by atoms with Crippen LogP contribution in [0.1, 0.15) is 0 Å². The summed E-state index contributed by atoms with van der Waals surface area (Å²) in [5.74, 6) is 0. The second kappa shape index (κ2) is 8.64. The molecule has 6 heteroatoms. The molecule has 0 aromatic rings. The summed E-state index contributed by atoms with van der Waals surface area (Å²) in [6.45, 7) is 1.79. The molecule has 0 aromatic carbocycles. The Kier molecular flexibility index (Phi) is 10.1. The second-order valence-electron chi connectivity index (χ2n) is 2.93. The number of quaternary nitrogens is 1. The molecule has 0 spiro atoms. The number of likely N-dealkylation sites (N-methyl/N-ethyl adjacent to an activating group) is 1. The van der Waals surface area contributed by atoms with Crippen molar-refractivity contribution in [2.75, 3.05) is 40.4 Å². The quantitative estimate of drug-likeness (QED) is 0.363. The van der Waals surface area contributed by atoms with E-state index >= 15 is 0 Å². The van der Waals surface area contributed by atoms with Crippen molar-refractivity contribution in [3.8, 4) is 0 Å². The maximum absolute atomic E-state index is 8.53. The van der Waals surface area contributed by atoms with Gasteiger partial charge in [-0.3, -0.25) is 0 Å². The van der Waals surface area contributed by atoms with Crippen LogP contribution in [0.15, 0.2) is 0 Å². The van der Waals surface area contributed by atoms with E-state index in [9.17, 15) is 0 Å². The van der Waals surface area contributed by atoms with Gasteiger partial charge in [-0.15, -0.1) is 0 Å². The van der Waals surface area contributed by atoms with Crippen molar-refractivity contribution in [2.45, 2.75) is 0 Å². The van der Waals surface area contributed by atoms with Gasteiger partial charge in [0, 0.05) is 0 Å². The fourth-order valence-corrected chi connectivity index (χ4v) is 0.653. The summed E-state index contributed by atoms with van der Waals surface area (Å²) in [5.41, 5.74) is 0. The number of aliphatic hydroxyl groups is 2. The molecule has 12 heavy (non-hydrogen) atoms. The Morgan fingerprint density at radius 3 is 1.67 bits per heavy atom. The minimum atomic E-state index is -0.500. The number of hydrogen-bond acceptors (Lipinski definition) is 4. The van der Waals surface area contributed by atoms with Crippen molar-refractivity contribution < 1.29 is 24.4 Å². The SMILES string of the molecule is C[N+](C)(CCO)CCO.O=B[O-]. The van der Waals surface area contributed by atoms with E-state index in [4.69, 9.17) is 19.9 Å². The molecule has 0 aliphatic rings. The maximum atomic E-state index is 8.53. The monoisotopic (exact) mass is 177 g/mol. The summed E-state index contributed by atoms with van der Waals surface area (Å²) < 4.78 is 8.94. The molecule has 0 atom stereocenters. The number of hydrogen-bond donors (Lipinski definition) is 2. The van der Waals surface area contributed by atoms with E-state index in [0.717, 1.165) is 0 Å². The van der Waals surface area contributed by atoms with E-state index in [-0.39, 0.29) is 13.2 Å². The molecule has 0 unspecified atom stereocenters. The average Bonchev–Trinajstić information content (AvgIpc) is 1.88. The summed E-state index contributed by atoms with van der Waals surface area (Å²) in [5, 5.41) is 25.3. The van der Waals surface area contributed by atoms with Crippen LogP contribution >= 0.6 is 0 Å². The summed E-state index contributed by atoms with van der Waals surface area (Å²) in [4.78, 5) is 0. The zero-order valence-corrected chi connectivity index (χ0v) is 7.56. The van der Waals surface area contributed by atoms with Crippen LogP contribution in [-0.2, 0) is 4.70 Å². The average molecular weight is 177 g/mol. The van der Waals surface area contributed by atoms with Gasteiger partial charge in [0.1, 0.15) is 13.1 Å². The van der Waals surface area contributed by atoms with Crippen LogP contribution in [0.3, 0.4) is 0 Å². The van der Waals surface area contributed by atoms with E-state index in [1.54, 1.807) is 0 Å². The van der Waals surface area contributed by atoms with Crippen molar-refractivity contribution >= 4 is 7.35 Å². The third-order valence-corrected chi connectivity index (χ3v) is 1.41. The van der Waals surface area contributed by atoms with Crippen molar-refractivity contribution in [3.63, 3.8) is 0 Å². The predicted molar refractivity (Wildman–Crippen MR) is 42.5 cm³/mol. The first-order valence-corrected chi connectivity index (χ1v) is 3.63. The molecule has 0 aromatic heterocycles. The summed E-state index contributed by atoms with van der Waals surface area (Å²) in [6.07, 6.45) is 0. The van der Waals surface area contributed by atoms with Gasteiger partial charge in [-0.25, -0.2) is 0 Å². The Labute approximate surface area is 73.1 Å². The van der Waals surface area contributed by atoms with Crippen molar-refractivity contribution in [3.05, 3.63) is 0 Å². The Balaban J connectivity index is 0. The van der Waals surface area contributed by atoms with Crippen molar-refractivity contribution in [1.82, 2.24) is 0 Å². The molecule has 0 rings (SSSR count). The molecule has 0 radical (unpaired) electrons. The first kappa shape index (κ1) is 14.1. The van der Waals surface area contributed by atoms with Crippen LogP contribution in [-0.4, -0.2) is 62.4 Å². The van der Waals surface area contributed by atoms with Gasteiger partial charge in [0.25, 0.3) is 0 Å².